The predicted octanol–water partition coefficient (Wildman–Crippen LogP) is 3.37. The van der Waals surface area contributed by atoms with Crippen molar-refractivity contribution in [3.63, 3.8) is 0 Å². The molecule has 0 aliphatic rings. The van der Waals surface area contributed by atoms with Gasteiger partial charge in [0.2, 0.25) is 0 Å². The minimum Gasteiger partial charge on any atom is -0.322 e. The number of halogens is 3. The quantitative estimate of drug-likeness (QED) is 0.923. The molecule has 2 rings (SSSR count). The Labute approximate surface area is 110 Å². The van der Waals surface area contributed by atoms with Crippen LogP contribution in [0.25, 0.3) is 0 Å². The van der Waals surface area contributed by atoms with Crippen molar-refractivity contribution in [3.8, 4) is 0 Å². The van der Waals surface area contributed by atoms with Crippen LogP contribution in [0.15, 0.2) is 41.1 Å². The molecule has 3 nitrogen and oxygen atoms in total. The van der Waals surface area contributed by atoms with Crippen LogP contribution in [0.1, 0.15) is 10.4 Å². The number of benzene rings is 1. The van der Waals surface area contributed by atoms with E-state index in [4.69, 9.17) is 0 Å². The summed E-state index contributed by atoms with van der Waals surface area (Å²) in [6.07, 6.45) is 2.92. The summed E-state index contributed by atoms with van der Waals surface area (Å²) in [6.45, 7) is 0. The number of rotatable bonds is 2. The Balaban J connectivity index is 2.30. The molecule has 1 heterocycles. The van der Waals surface area contributed by atoms with Gasteiger partial charge < -0.3 is 5.32 Å². The number of carbonyl (C=O) groups is 1. The lowest BCUT2D eigenvalue weighted by Crippen LogP contribution is -2.15. The first-order valence-corrected chi connectivity index (χ1v) is 5.73. The molecular formula is C12H7BrF2N2O. The van der Waals surface area contributed by atoms with E-state index >= 15 is 0 Å². The fourth-order valence-electron chi connectivity index (χ4n) is 1.39. The largest absolute Gasteiger partial charge is 0.322 e. The van der Waals surface area contributed by atoms with E-state index in [0.717, 1.165) is 12.1 Å². The van der Waals surface area contributed by atoms with E-state index in [9.17, 15) is 13.6 Å². The smallest absolute Gasteiger partial charge is 0.261 e. The number of aromatic nitrogens is 1. The molecule has 92 valence electrons. The first-order chi connectivity index (χ1) is 8.58. The maximum atomic E-state index is 13.5. The second-order valence-electron chi connectivity index (χ2n) is 3.43. The van der Waals surface area contributed by atoms with Crippen LogP contribution in [0.5, 0.6) is 0 Å². The Hall–Kier alpha value is -1.82. The van der Waals surface area contributed by atoms with E-state index in [1.165, 1.54) is 24.5 Å². The van der Waals surface area contributed by atoms with E-state index in [0.29, 0.717) is 5.69 Å². The van der Waals surface area contributed by atoms with Crippen molar-refractivity contribution in [2.24, 2.45) is 0 Å². The molecule has 2 aromatic rings. The van der Waals surface area contributed by atoms with E-state index in [1.54, 1.807) is 0 Å². The molecule has 0 aliphatic heterocycles. The van der Waals surface area contributed by atoms with Crippen molar-refractivity contribution in [2.45, 2.75) is 0 Å². The molecular weight excluding hydrogens is 306 g/mol. The Morgan fingerprint density at radius 1 is 1.17 bits per heavy atom. The molecule has 0 aliphatic carbocycles. The van der Waals surface area contributed by atoms with E-state index in [-0.39, 0.29) is 4.47 Å². The lowest BCUT2D eigenvalue weighted by molar-refractivity contribution is 0.101. The molecule has 0 saturated heterocycles. The van der Waals surface area contributed by atoms with Crippen LogP contribution in [0.2, 0.25) is 0 Å². The summed E-state index contributed by atoms with van der Waals surface area (Å²) in [4.78, 5) is 15.5. The molecule has 0 radical (unpaired) electrons. The minimum atomic E-state index is -0.923. The average molecular weight is 313 g/mol. The van der Waals surface area contributed by atoms with Gasteiger partial charge in [0.15, 0.2) is 0 Å². The zero-order valence-corrected chi connectivity index (χ0v) is 10.5. The summed E-state index contributed by atoms with van der Waals surface area (Å²) in [6, 6.07) is 5.11. The number of nitrogens with one attached hydrogen (secondary N) is 1. The Bertz CT molecular complexity index is 567. The zero-order chi connectivity index (χ0) is 13.1. The summed E-state index contributed by atoms with van der Waals surface area (Å²) >= 11 is 2.94. The highest BCUT2D eigenvalue weighted by molar-refractivity contribution is 9.10. The number of carbonyl (C=O) groups excluding carboxylic acids is 1. The molecule has 0 unspecified atom stereocenters. The van der Waals surface area contributed by atoms with Gasteiger partial charge in [-0.15, -0.1) is 0 Å². The number of nitrogens with zero attached hydrogens (tertiary/aromatic N) is 1. The van der Waals surface area contributed by atoms with Gasteiger partial charge >= 0.3 is 0 Å². The molecule has 1 amide bonds. The molecule has 0 saturated carbocycles. The Morgan fingerprint density at radius 2 is 1.72 bits per heavy atom. The third kappa shape index (κ3) is 2.70. The third-order valence-electron chi connectivity index (χ3n) is 2.17. The maximum absolute atomic E-state index is 13.5. The molecule has 1 N–H and O–H groups in total. The number of anilines is 1. The van der Waals surface area contributed by atoms with Crippen LogP contribution in [0.4, 0.5) is 14.5 Å². The van der Waals surface area contributed by atoms with Gasteiger partial charge in [-0.2, -0.15) is 0 Å². The number of pyridine rings is 1. The SMILES string of the molecule is O=C(Nc1ccncc1)c1c(F)cc(Br)cc1F. The zero-order valence-electron chi connectivity index (χ0n) is 8.95. The standard InChI is InChI=1S/C12H7BrF2N2O/c13-7-5-9(14)11(10(15)6-7)12(18)17-8-1-3-16-4-2-8/h1-6H,(H,16,17,18). The minimum absolute atomic E-state index is 0.234. The molecule has 0 spiro atoms. The van der Waals surface area contributed by atoms with Crippen molar-refractivity contribution in [1.82, 2.24) is 4.98 Å². The second-order valence-corrected chi connectivity index (χ2v) is 4.35. The van der Waals surface area contributed by atoms with Crippen LogP contribution in [-0.4, -0.2) is 10.9 Å². The van der Waals surface area contributed by atoms with Crippen molar-refractivity contribution in [3.05, 3.63) is 58.3 Å². The average Bonchev–Trinajstić information content (AvgIpc) is 2.28. The number of hydrogen-bond acceptors (Lipinski definition) is 2. The summed E-state index contributed by atoms with van der Waals surface area (Å²) < 4.78 is 27.3. The molecule has 1 aromatic carbocycles. The fraction of sp³-hybridized carbons (Fsp3) is 0. The van der Waals surface area contributed by atoms with Crippen LogP contribution < -0.4 is 5.32 Å². The van der Waals surface area contributed by atoms with Crippen LogP contribution >= 0.6 is 15.9 Å². The van der Waals surface area contributed by atoms with Crippen molar-refractivity contribution >= 4 is 27.5 Å². The molecule has 0 atom stereocenters. The van der Waals surface area contributed by atoms with Gasteiger partial charge in [-0.05, 0) is 24.3 Å². The first-order valence-electron chi connectivity index (χ1n) is 4.94. The number of amides is 1. The van der Waals surface area contributed by atoms with E-state index in [2.05, 4.69) is 26.2 Å². The van der Waals surface area contributed by atoms with Gasteiger partial charge in [0.05, 0.1) is 0 Å². The highest BCUT2D eigenvalue weighted by Crippen LogP contribution is 2.20. The topological polar surface area (TPSA) is 42.0 Å². The van der Waals surface area contributed by atoms with Crippen LogP contribution in [0.3, 0.4) is 0 Å². The van der Waals surface area contributed by atoms with E-state index in [1.807, 2.05) is 0 Å². The third-order valence-corrected chi connectivity index (χ3v) is 2.63. The summed E-state index contributed by atoms with van der Waals surface area (Å²) in [5.41, 5.74) is -0.202. The van der Waals surface area contributed by atoms with Gasteiger partial charge in [0, 0.05) is 22.6 Å². The van der Waals surface area contributed by atoms with Gasteiger partial charge in [-0.3, -0.25) is 9.78 Å². The molecule has 6 heteroatoms. The Kier molecular flexibility index (Phi) is 3.66. The summed E-state index contributed by atoms with van der Waals surface area (Å²) in [5, 5.41) is 2.39. The molecule has 0 bridgehead atoms. The monoisotopic (exact) mass is 312 g/mol. The number of hydrogen-bond donors (Lipinski definition) is 1. The maximum Gasteiger partial charge on any atom is 0.261 e. The van der Waals surface area contributed by atoms with Gasteiger partial charge in [0.25, 0.3) is 5.91 Å². The molecule has 18 heavy (non-hydrogen) atoms. The van der Waals surface area contributed by atoms with Gasteiger partial charge in [-0.25, -0.2) is 8.78 Å². The second kappa shape index (κ2) is 5.22. The van der Waals surface area contributed by atoms with Crippen molar-refractivity contribution in [1.29, 1.82) is 0 Å². The normalized spacial score (nSPS) is 10.2. The first kappa shape index (κ1) is 12.6. The van der Waals surface area contributed by atoms with Crippen LogP contribution in [0, 0.1) is 11.6 Å². The van der Waals surface area contributed by atoms with Crippen molar-refractivity contribution < 1.29 is 13.6 Å². The summed E-state index contributed by atoms with van der Waals surface area (Å²) in [7, 11) is 0. The highest BCUT2D eigenvalue weighted by atomic mass is 79.9. The fourth-order valence-corrected chi connectivity index (χ4v) is 1.79. The molecule has 0 fully saturated rings. The lowest BCUT2D eigenvalue weighted by Gasteiger charge is -2.07. The lowest BCUT2D eigenvalue weighted by atomic mass is 10.2. The van der Waals surface area contributed by atoms with Gasteiger partial charge in [0.1, 0.15) is 17.2 Å². The highest BCUT2D eigenvalue weighted by Gasteiger charge is 2.18. The van der Waals surface area contributed by atoms with Crippen LogP contribution in [-0.2, 0) is 0 Å². The summed E-state index contributed by atoms with van der Waals surface area (Å²) in [5.74, 6) is -2.69. The Morgan fingerprint density at radius 3 is 2.28 bits per heavy atom. The van der Waals surface area contributed by atoms with Crippen molar-refractivity contribution in [2.75, 3.05) is 5.32 Å². The predicted molar refractivity (Wildman–Crippen MR) is 66.2 cm³/mol. The van der Waals surface area contributed by atoms with Gasteiger partial charge in [-0.1, -0.05) is 15.9 Å². The van der Waals surface area contributed by atoms with E-state index < -0.39 is 23.1 Å². The molecule has 1 aromatic heterocycles.